The standard InChI is InChI=1S/C11H16N6O4/c12-9-7-10(16-11(13)15-9)17(3-14-7)6-1-4(19)8(20)5(2-18)21-6/h3-6,8,18-20H,1-2H2,(H4,12,13,15,16). The first kappa shape index (κ1) is 13.9. The van der Waals surface area contributed by atoms with E-state index in [1.54, 1.807) is 4.57 Å². The number of aliphatic hydroxyl groups is 3. The van der Waals surface area contributed by atoms with E-state index in [9.17, 15) is 15.3 Å². The maximum Gasteiger partial charge on any atom is 0.224 e. The van der Waals surface area contributed by atoms with Crippen LogP contribution in [0.4, 0.5) is 11.8 Å². The Hall–Kier alpha value is -2.01. The van der Waals surface area contributed by atoms with Crippen LogP contribution in [0.25, 0.3) is 11.2 Å². The Kier molecular flexibility index (Phi) is 3.37. The van der Waals surface area contributed by atoms with Crippen molar-refractivity contribution in [1.29, 1.82) is 0 Å². The van der Waals surface area contributed by atoms with Crippen LogP contribution in [0, 0.1) is 0 Å². The molecule has 2 aromatic heterocycles. The molecule has 4 unspecified atom stereocenters. The SMILES string of the molecule is Nc1nc(N)c2ncn(C3CC(O)C(O)C(CO)O3)c2n1. The molecule has 10 nitrogen and oxygen atoms in total. The van der Waals surface area contributed by atoms with Gasteiger partial charge in [0.1, 0.15) is 24.0 Å². The summed E-state index contributed by atoms with van der Waals surface area (Å²) in [5.41, 5.74) is 12.0. The molecule has 1 saturated heterocycles. The lowest BCUT2D eigenvalue weighted by molar-refractivity contribution is -0.200. The van der Waals surface area contributed by atoms with Gasteiger partial charge in [-0.3, -0.25) is 4.57 Å². The number of hydrogen-bond donors (Lipinski definition) is 5. The molecule has 0 radical (unpaired) electrons. The number of nitrogen functional groups attached to an aromatic ring is 2. The second-order valence-corrected chi connectivity index (χ2v) is 4.90. The second-order valence-electron chi connectivity index (χ2n) is 4.90. The summed E-state index contributed by atoms with van der Waals surface area (Å²) in [5.74, 6) is 0.142. The van der Waals surface area contributed by atoms with Crippen molar-refractivity contribution in [1.82, 2.24) is 19.5 Å². The molecule has 7 N–H and O–H groups in total. The number of nitrogens with zero attached hydrogens (tertiary/aromatic N) is 4. The summed E-state index contributed by atoms with van der Waals surface area (Å²) in [6.45, 7) is -0.416. The zero-order valence-corrected chi connectivity index (χ0v) is 11.0. The van der Waals surface area contributed by atoms with Crippen molar-refractivity contribution in [2.24, 2.45) is 0 Å². The van der Waals surface area contributed by atoms with Gasteiger partial charge in [0.25, 0.3) is 0 Å². The Balaban J connectivity index is 2.00. The molecule has 1 aliphatic rings. The molecule has 1 fully saturated rings. The highest BCUT2D eigenvalue weighted by atomic mass is 16.5. The molecule has 4 atom stereocenters. The predicted molar refractivity (Wildman–Crippen MR) is 71.8 cm³/mol. The van der Waals surface area contributed by atoms with E-state index >= 15 is 0 Å². The summed E-state index contributed by atoms with van der Waals surface area (Å²) in [7, 11) is 0. The third-order valence-corrected chi connectivity index (χ3v) is 3.51. The monoisotopic (exact) mass is 296 g/mol. The maximum absolute atomic E-state index is 9.87. The van der Waals surface area contributed by atoms with E-state index in [2.05, 4.69) is 15.0 Å². The van der Waals surface area contributed by atoms with Gasteiger partial charge in [-0.05, 0) is 0 Å². The van der Waals surface area contributed by atoms with Gasteiger partial charge in [-0.25, -0.2) is 4.98 Å². The van der Waals surface area contributed by atoms with E-state index in [1.165, 1.54) is 6.33 Å². The number of hydrogen-bond acceptors (Lipinski definition) is 9. The topological polar surface area (TPSA) is 166 Å². The molecule has 21 heavy (non-hydrogen) atoms. The molecule has 2 aromatic rings. The van der Waals surface area contributed by atoms with Gasteiger partial charge in [0.2, 0.25) is 5.95 Å². The van der Waals surface area contributed by atoms with Crippen molar-refractivity contribution in [2.45, 2.75) is 31.0 Å². The van der Waals surface area contributed by atoms with Crippen molar-refractivity contribution < 1.29 is 20.1 Å². The highest BCUT2D eigenvalue weighted by Crippen LogP contribution is 2.30. The number of nitrogens with two attached hydrogens (primary N) is 2. The number of rotatable bonds is 2. The second kappa shape index (κ2) is 5.07. The Morgan fingerprint density at radius 2 is 2.10 bits per heavy atom. The van der Waals surface area contributed by atoms with E-state index in [0.717, 1.165) is 0 Å². The van der Waals surface area contributed by atoms with E-state index in [4.69, 9.17) is 16.2 Å². The van der Waals surface area contributed by atoms with Crippen LogP contribution in [0.2, 0.25) is 0 Å². The first-order valence-electron chi connectivity index (χ1n) is 6.39. The van der Waals surface area contributed by atoms with Crippen LogP contribution in [0.3, 0.4) is 0 Å². The molecule has 0 spiro atoms. The fourth-order valence-corrected chi connectivity index (χ4v) is 2.43. The molecular weight excluding hydrogens is 280 g/mol. The van der Waals surface area contributed by atoms with Crippen LogP contribution < -0.4 is 11.5 Å². The average Bonchev–Trinajstić information content (AvgIpc) is 2.85. The molecule has 0 aromatic carbocycles. The zero-order valence-electron chi connectivity index (χ0n) is 11.0. The lowest BCUT2D eigenvalue weighted by Gasteiger charge is -2.36. The van der Waals surface area contributed by atoms with Crippen molar-refractivity contribution in [3.63, 3.8) is 0 Å². The smallest absolute Gasteiger partial charge is 0.224 e. The highest BCUT2D eigenvalue weighted by Gasteiger charge is 2.37. The van der Waals surface area contributed by atoms with Gasteiger partial charge in [-0.1, -0.05) is 0 Å². The fraction of sp³-hybridized carbons (Fsp3) is 0.545. The summed E-state index contributed by atoms with van der Waals surface area (Å²) in [5, 5.41) is 28.8. The Bertz CT molecular complexity index is 661. The van der Waals surface area contributed by atoms with Crippen molar-refractivity contribution in [3.8, 4) is 0 Å². The van der Waals surface area contributed by atoms with E-state index in [-0.39, 0.29) is 18.2 Å². The average molecular weight is 296 g/mol. The summed E-state index contributed by atoms with van der Waals surface area (Å²) < 4.78 is 7.11. The Morgan fingerprint density at radius 3 is 2.81 bits per heavy atom. The fourth-order valence-electron chi connectivity index (χ4n) is 2.43. The predicted octanol–water partition coefficient (Wildman–Crippen LogP) is -2.01. The molecule has 10 heteroatoms. The van der Waals surface area contributed by atoms with E-state index in [0.29, 0.717) is 11.2 Å². The van der Waals surface area contributed by atoms with Crippen molar-refractivity contribution in [2.75, 3.05) is 18.1 Å². The molecule has 0 amide bonds. The normalized spacial score (nSPS) is 29.9. The van der Waals surface area contributed by atoms with Crippen molar-refractivity contribution in [3.05, 3.63) is 6.33 Å². The third kappa shape index (κ3) is 2.27. The summed E-state index contributed by atoms with van der Waals surface area (Å²) in [4.78, 5) is 12.0. The van der Waals surface area contributed by atoms with Crippen LogP contribution in [-0.2, 0) is 4.74 Å². The van der Waals surface area contributed by atoms with Crippen LogP contribution >= 0.6 is 0 Å². The molecule has 0 aliphatic carbocycles. The molecular formula is C11H16N6O4. The van der Waals surface area contributed by atoms with Gasteiger partial charge < -0.3 is 31.5 Å². The number of fused-ring (bicyclic) bond motifs is 1. The van der Waals surface area contributed by atoms with Gasteiger partial charge in [0, 0.05) is 6.42 Å². The van der Waals surface area contributed by atoms with Gasteiger partial charge in [-0.2, -0.15) is 9.97 Å². The zero-order chi connectivity index (χ0) is 15.1. The minimum absolute atomic E-state index is 0.00292. The Morgan fingerprint density at radius 1 is 1.33 bits per heavy atom. The molecule has 3 rings (SSSR count). The minimum Gasteiger partial charge on any atom is -0.394 e. The lowest BCUT2D eigenvalue weighted by atomic mass is 10.0. The number of ether oxygens (including phenoxy) is 1. The number of anilines is 2. The highest BCUT2D eigenvalue weighted by molar-refractivity contribution is 5.82. The molecule has 0 saturated carbocycles. The van der Waals surface area contributed by atoms with Crippen LogP contribution in [0.5, 0.6) is 0 Å². The number of aliphatic hydroxyl groups excluding tert-OH is 3. The first-order chi connectivity index (χ1) is 10.0. The minimum atomic E-state index is -1.15. The maximum atomic E-state index is 9.87. The van der Waals surface area contributed by atoms with Gasteiger partial charge >= 0.3 is 0 Å². The lowest BCUT2D eigenvalue weighted by Crippen LogP contribution is -2.48. The molecule has 1 aliphatic heterocycles. The van der Waals surface area contributed by atoms with Crippen LogP contribution in [-0.4, -0.2) is 59.8 Å². The van der Waals surface area contributed by atoms with Gasteiger partial charge in [0.05, 0.1) is 19.0 Å². The van der Waals surface area contributed by atoms with Crippen molar-refractivity contribution >= 4 is 22.9 Å². The quantitative estimate of drug-likeness (QED) is 0.421. The van der Waals surface area contributed by atoms with Crippen LogP contribution in [0.15, 0.2) is 6.33 Å². The van der Waals surface area contributed by atoms with E-state index < -0.39 is 31.1 Å². The summed E-state index contributed by atoms with van der Waals surface area (Å²) in [6.07, 6.45) is -2.17. The van der Waals surface area contributed by atoms with E-state index in [1.807, 2.05) is 0 Å². The summed E-state index contributed by atoms with van der Waals surface area (Å²) >= 11 is 0. The largest absolute Gasteiger partial charge is 0.394 e. The molecule has 0 bridgehead atoms. The van der Waals surface area contributed by atoms with Gasteiger partial charge in [0.15, 0.2) is 11.5 Å². The summed E-state index contributed by atoms with van der Waals surface area (Å²) in [6, 6.07) is 0. The Labute approximate surface area is 119 Å². The van der Waals surface area contributed by atoms with Crippen LogP contribution in [0.1, 0.15) is 12.6 Å². The number of aromatic nitrogens is 4. The first-order valence-corrected chi connectivity index (χ1v) is 6.39. The van der Waals surface area contributed by atoms with Gasteiger partial charge in [-0.15, -0.1) is 0 Å². The number of imidazole rings is 1. The molecule has 3 heterocycles. The molecule has 114 valence electrons. The third-order valence-electron chi connectivity index (χ3n) is 3.51.